The van der Waals surface area contributed by atoms with E-state index in [1.165, 1.54) is 0 Å². The van der Waals surface area contributed by atoms with Crippen molar-refractivity contribution in [3.63, 3.8) is 0 Å². The summed E-state index contributed by atoms with van der Waals surface area (Å²) in [5.74, 6) is 1.00. The van der Waals surface area contributed by atoms with E-state index >= 15 is 0 Å². The smallest absolute Gasteiger partial charge is 0.349 e. The van der Waals surface area contributed by atoms with Crippen molar-refractivity contribution in [2.24, 2.45) is 0 Å². The average Bonchev–Trinajstić information content (AvgIpc) is 3.11. The second-order valence-corrected chi connectivity index (χ2v) is 5.41. The number of fused-ring (bicyclic) bond motifs is 1. The van der Waals surface area contributed by atoms with Gasteiger partial charge in [0.25, 0.3) is 0 Å². The molecular weight excluding hydrogens is 322 g/mol. The fourth-order valence-corrected chi connectivity index (χ4v) is 2.64. The highest BCUT2D eigenvalue weighted by Gasteiger charge is 2.19. The van der Waals surface area contributed by atoms with Gasteiger partial charge in [0.15, 0.2) is 5.76 Å². The number of benzene rings is 2. The molecule has 2 aromatic heterocycles. The molecule has 0 spiro atoms. The van der Waals surface area contributed by atoms with Crippen LogP contribution in [0.3, 0.4) is 0 Å². The molecule has 0 aliphatic carbocycles. The number of methoxy groups -OCH3 is 1. The van der Waals surface area contributed by atoms with Crippen LogP contribution < -0.4 is 10.4 Å². The minimum absolute atomic E-state index is 0.0257. The van der Waals surface area contributed by atoms with Gasteiger partial charge in [-0.05, 0) is 36.4 Å². The van der Waals surface area contributed by atoms with Crippen molar-refractivity contribution < 1.29 is 18.8 Å². The molecule has 0 unspecified atom stereocenters. The Morgan fingerprint density at radius 1 is 1.08 bits per heavy atom. The van der Waals surface area contributed by atoms with Crippen LogP contribution in [0, 0.1) is 0 Å². The van der Waals surface area contributed by atoms with Crippen LogP contribution in [0.2, 0.25) is 0 Å². The largest absolute Gasteiger partial charge is 0.506 e. The van der Waals surface area contributed by atoms with Gasteiger partial charge < -0.3 is 18.8 Å². The van der Waals surface area contributed by atoms with E-state index in [1.807, 2.05) is 12.1 Å². The quantitative estimate of drug-likeness (QED) is 0.573. The summed E-state index contributed by atoms with van der Waals surface area (Å²) in [4.78, 5) is 12.3. The molecule has 4 aromatic rings. The summed E-state index contributed by atoms with van der Waals surface area (Å²) < 4.78 is 15.7. The van der Waals surface area contributed by atoms with Crippen molar-refractivity contribution in [1.29, 1.82) is 0 Å². The molecule has 25 heavy (non-hydrogen) atoms. The van der Waals surface area contributed by atoms with Gasteiger partial charge in [-0.25, -0.2) is 4.79 Å². The zero-order valence-corrected chi connectivity index (χ0v) is 13.2. The maximum absolute atomic E-state index is 12.3. The molecule has 0 aliphatic rings. The Balaban J connectivity index is 1.82. The van der Waals surface area contributed by atoms with Crippen LogP contribution in [0.4, 0.5) is 0 Å². The second-order valence-electron chi connectivity index (χ2n) is 5.41. The Kier molecular flexibility index (Phi) is 3.50. The molecule has 0 saturated carbocycles. The van der Waals surface area contributed by atoms with Crippen LogP contribution in [0.1, 0.15) is 0 Å². The number of ether oxygens (including phenoxy) is 1. The molecule has 2 aromatic carbocycles. The molecule has 0 fully saturated rings. The van der Waals surface area contributed by atoms with Gasteiger partial charge in [0.05, 0.1) is 12.5 Å². The SMILES string of the molecule is COc1ccc(-c2cc(-c3c(O)c4ccccc4oc3=O)no2)cc1. The van der Waals surface area contributed by atoms with Crippen LogP contribution >= 0.6 is 0 Å². The monoisotopic (exact) mass is 335 g/mol. The summed E-state index contributed by atoms with van der Waals surface area (Å²) in [7, 11) is 1.59. The number of rotatable bonds is 3. The second kappa shape index (κ2) is 5.83. The van der Waals surface area contributed by atoms with Gasteiger partial charge in [-0.1, -0.05) is 17.3 Å². The molecule has 4 rings (SSSR count). The van der Waals surface area contributed by atoms with E-state index in [1.54, 1.807) is 49.6 Å². The highest BCUT2D eigenvalue weighted by atomic mass is 16.5. The number of aromatic nitrogens is 1. The highest BCUT2D eigenvalue weighted by Crippen LogP contribution is 2.34. The van der Waals surface area contributed by atoms with E-state index < -0.39 is 5.63 Å². The fourth-order valence-electron chi connectivity index (χ4n) is 2.64. The summed E-state index contributed by atoms with van der Waals surface area (Å²) in [5, 5.41) is 14.8. The van der Waals surface area contributed by atoms with Crippen LogP contribution in [0.5, 0.6) is 11.5 Å². The predicted octanol–water partition coefficient (Wildman–Crippen LogP) is 3.83. The molecule has 0 amide bonds. The minimum atomic E-state index is -0.675. The van der Waals surface area contributed by atoms with Crippen LogP contribution in [0.15, 0.2) is 68.3 Å². The number of nitrogens with zero attached hydrogens (tertiary/aromatic N) is 1. The van der Waals surface area contributed by atoms with E-state index in [-0.39, 0.29) is 17.0 Å². The molecule has 2 heterocycles. The van der Waals surface area contributed by atoms with Crippen molar-refractivity contribution in [2.45, 2.75) is 0 Å². The average molecular weight is 335 g/mol. The Morgan fingerprint density at radius 2 is 1.84 bits per heavy atom. The van der Waals surface area contributed by atoms with Gasteiger partial charge in [0.2, 0.25) is 0 Å². The first-order valence-electron chi connectivity index (χ1n) is 7.53. The Hall–Kier alpha value is -3.54. The fraction of sp³-hybridized carbons (Fsp3) is 0.0526. The Morgan fingerprint density at radius 3 is 2.60 bits per heavy atom. The third-order valence-electron chi connectivity index (χ3n) is 3.93. The van der Waals surface area contributed by atoms with Gasteiger partial charge in [0.1, 0.15) is 28.3 Å². The highest BCUT2D eigenvalue weighted by molar-refractivity contribution is 5.89. The van der Waals surface area contributed by atoms with Gasteiger partial charge >= 0.3 is 5.63 Å². The molecule has 124 valence electrons. The number of hydrogen-bond acceptors (Lipinski definition) is 6. The Labute approximate surface area is 141 Å². The first kappa shape index (κ1) is 15.0. The van der Waals surface area contributed by atoms with Crippen LogP contribution in [-0.4, -0.2) is 17.4 Å². The van der Waals surface area contributed by atoms with Crippen molar-refractivity contribution in [2.75, 3.05) is 7.11 Å². The topological polar surface area (TPSA) is 85.7 Å². The van der Waals surface area contributed by atoms with Crippen molar-refractivity contribution in [3.05, 3.63) is 65.0 Å². The number of hydrogen-bond donors (Lipinski definition) is 1. The molecule has 0 bridgehead atoms. The zero-order valence-electron chi connectivity index (χ0n) is 13.2. The maximum Gasteiger partial charge on any atom is 0.349 e. The van der Waals surface area contributed by atoms with E-state index in [0.717, 1.165) is 11.3 Å². The molecule has 0 saturated heterocycles. The zero-order chi connectivity index (χ0) is 17.4. The molecule has 0 atom stereocenters. The summed E-state index contributed by atoms with van der Waals surface area (Å²) in [6.07, 6.45) is 0. The maximum atomic E-state index is 12.3. The van der Waals surface area contributed by atoms with E-state index in [0.29, 0.717) is 16.7 Å². The van der Waals surface area contributed by atoms with Gasteiger partial charge in [-0.3, -0.25) is 0 Å². The van der Waals surface area contributed by atoms with Crippen molar-refractivity contribution in [3.8, 4) is 34.1 Å². The molecule has 6 heteroatoms. The third kappa shape index (κ3) is 2.53. The summed E-state index contributed by atoms with van der Waals surface area (Å²) in [6, 6.07) is 15.5. The van der Waals surface area contributed by atoms with Gasteiger partial charge in [-0.2, -0.15) is 0 Å². The molecular formula is C19H13NO5. The van der Waals surface area contributed by atoms with Gasteiger partial charge in [-0.15, -0.1) is 0 Å². The number of aromatic hydroxyl groups is 1. The van der Waals surface area contributed by atoms with E-state index in [9.17, 15) is 9.90 Å². The molecule has 0 aliphatic heterocycles. The predicted molar refractivity (Wildman–Crippen MR) is 91.6 cm³/mol. The molecule has 0 radical (unpaired) electrons. The molecule has 6 nitrogen and oxygen atoms in total. The first-order valence-corrected chi connectivity index (χ1v) is 7.53. The number of para-hydroxylation sites is 1. The van der Waals surface area contributed by atoms with Crippen LogP contribution in [0.25, 0.3) is 33.6 Å². The minimum Gasteiger partial charge on any atom is -0.506 e. The summed E-state index contributed by atoms with van der Waals surface area (Å²) in [5.41, 5.74) is 0.590. The van der Waals surface area contributed by atoms with Gasteiger partial charge in [0, 0.05) is 11.6 Å². The normalized spacial score (nSPS) is 10.9. The van der Waals surface area contributed by atoms with E-state index in [2.05, 4.69) is 5.16 Å². The summed E-state index contributed by atoms with van der Waals surface area (Å²) >= 11 is 0. The third-order valence-corrected chi connectivity index (χ3v) is 3.93. The standard InChI is InChI=1S/C19H13NO5/c1-23-12-8-6-11(7-9-12)16-10-14(20-25-16)17-18(21)13-4-2-3-5-15(13)24-19(17)22/h2-10,21H,1H3. The van der Waals surface area contributed by atoms with Crippen molar-refractivity contribution >= 4 is 11.0 Å². The first-order chi connectivity index (χ1) is 12.2. The van der Waals surface area contributed by atoms with Crippen molar-refractivity contribution in [1.82, 2.24) is 5.16 Å². The lowest BCUT2D eigenvalue weighted by Gasteiger charge is -2.03. The molecule has 1 N–H and O–H groups in total. The lowest BCUT2D eigenvalue weighted by molar-refractivity contribution is 0.414. The lowest BCUT2D eigenvalue weighted by atomic mass is 10.1. The Bertz CT molecular complexity index is 1110. The lowest BCUT2D eigenvalue weighted by Crippen LogP contribution is -2.03. The van der Waals surface area contributed by atoms with E-state index in [4.69, 9.17) is 13.7 Å². The summed E-state index contributed by atoms with van der Waals surface area (Å²) in [6.45, 7) is 0. The van der Waals surface area contributed by atoms with Crippen LogP contribution in [-0.2, 0) is 0 Å².